The van der Waals surface area contributed by atoms with Gasteiger partial charge >= 0.3 is 0 Å². The Morgan fingerprint density at radius 3 is 2.38 bits per heavy atom. The van der Waals surface area contributed by atoms with E-state index in [1.165, 1.54) is 0 Å². The van der Waals surface area contributed by atoms with Gasteiger partial charge in [0.1, 0.15) is 29.2 Å². The third-order valence-electron chi connectivity index (χ3n) is 15.2. The summed E-state index contributed by atoms with van der Waals surface area (Å²) in [6.07, 6.45) is 12.8. The van der Waals surface area contributed by atoms with Gasteiger partial charge in [0.25, 0.3) is 11.8 Å². The summed E-state index contributed by atoms with van der Waals surface area (Å²) >= 11 is 0. The lowest BCUT2D eigenvalue weighted by Crippen LogP contribution is -2.57. The predicted octanol–water partition coefficient (Wildman–Crippen LogP) is 5.86. The molecule has 3 fully saturated rings. The molecule has 8 aromatic rings. The summed E-state index contributed by atoms with van der Waals surface area (Å²) in [5, 5.41) is 28.2. The topological polar surface area (TPSA) is 217 Å². The molecule has 3 saturated heterocycles. The Morgan fingerprint density at radius 1 is 0.822 bits per heavy atom. The highest BCUT2D eigenvalue weighted by atomic mass is 19.1. The summed E-state index contributed by atoms with van der Waals surface area (Å²) in [7, 11) is 0. The van der Waals surface area contributed by atoms with Crippen molar-refractivity contribution < 1.29 is 23.8 Å². The first-order valence-corrected chi connectivity index (χ1v) is 24.7. The summed E-state index contributed by atoms with van der Waals surface area (Å²) in [5.74, 6) is 1.87. The number of nitrogens with zero attached hydrogens (tertiary/aromatic N) is 10. The number of carbonyl (C=O) groups is 2. The van der Waals surface area contributed by atoms with Crippen molar-refractivity contribution in [2.24, 2.45) is 5.92 Å². The number of aromatic nitrogens is 8. The molecule has 13 rings (SSSR count). The molecule has 73 heavy (non-hydrogen) atoms. The number of amides is 2. The molecular weight excluding hydrogens is 930 g/mol. The third-order valence-corrected chi connectivity index (χ3v) is 15.2. The number of rotatable bonds is 11. The number of nitrogens with one attached hydrogen (secondary N) is 5. The van der Waals surface area contributed by atoms with E-state index in [1.807, 2.05) is 42.6 Å². The molecular formula is C53H52FN15O4. The van der Waals surface area contributed by atoms with E-state index in [0.29, 0.717) is 101 Å². The van der Waals surface area contributed by atoms with Crippen molar-refractivity contribution in [2.75, 3.05) is 53.2 Å². The van der Waals surface area contributed by atoms with Crippen LogP contribution in [0.4, 0.5) is 38.9 Å². The molecule has 5 aliphatic rings. The highest BCUT2D eigenvalue weighted by Gasteiger charge is 2.40. The summed E-state index contributed by atoms with van der Waals surface area (Å²) in [5.41, 5.74) is 7.32. The smallest absolute Gasteiger partial charge is 0.254 e. The van der Waals surface area contributed by atoms with Crippen LogP contribution < -0.4 is 36.4 Å². The van der Waals surface area contributed by atoms with Crippen molar-refractivity contribution in [1.29, 1.82) is 0 Å². The Labute approximate surface area is 418 Å². The van der Waals surface area contributed by atoms with Crippen LogP contribution in [-0.2, 0) is 24.4 Å². The molecule has 4 atom stereocenters. The van der Waals surface area contributed by atoms with E-state index < -0.39 is 17.5 Å². The number of hydrogen-bond donors (Lipinski definition) is 6. The zero-order chi connectivity index (χ0) is 49.7. The zero-order valence-corrected chi connectivity index (χ0v) is 40.4. The van der Waals surface area contributed by atoms with Crippen molar-refractivity contribution in [2.45, 2.75) is 70.6 Å². The van der Waals surface area contributed by atoms with Crippen LogP contribution in [0.5, 0.6) is 0 Å². The molecule has 6 N–H and O–H groups in total. The van der Waals surface area contributed by atoms with Gasteiger partial charge in [0.15, 0.2) is 11.5 Å². The predicted molar refractivity (Wildman–Crippen MR) is 273 cm³/mol. The molecule has 2 amide bonds. The Balaban J connectivity index is 0.762. The average molecular weight is 982 g/mol. The van der Waals surface area contributed by atoms with Gasteiger partial charge in [-0.25, -0.2) is 24.3 Å². The third kappa shape index (κ3) is 7.66. The van der Waals surface area contributed by atoms with Crippen molar-refractivity contribution >= 4 is 63.0 Å². The van der Waals surface area contributed by atoms with Crippen LogP contribution in [0, 0.1) is 18.7 Å². The minimum Gasteiger partial charge on any atom is -0.388 e. The summed E-state index contributed by atoms with van der Waals surface area (Å²) < 4.78 is 25.0. The second-order valence-electron chi connectivity index (χ2n) is 20.1. The number of fused-ring (bicyclic) bond motifs is 5. The Morgan fingerprint density at radius 2 is 1.60 bits per heavy atom. The molecule has 370 valence electrons. The zero-order valence-electron chi connectivity index (χ0n) is 40.4. The first kappa shape index (κ1) is 44.8. The molecule has 13 heterocycles. The van der Waals surface area contributed by atoms with Gasteiger partial charge < -0.3 is 50.8 Å². The summed E-state index contributed by atoms with van der Waals surface area (Å²) in [4.78, 5) is 60.1. The number of pyridine rings is 6. The van der Waals surface area contributed by atoms with Crippen LogP contribution in [0.25, 0.3) is 39.3 Å². The molecule has 0 bridgehead atoms. The number of hydrogen-bond acceptors (Lipinski definition) is 15. The first-order chi connectivity index (χ1) is 35.4. The van der Waals surface area contributed by atoms with Crippen LogP contribution in [0.1, 0.15) is 57.7 Å². The standard InChI is InChI=1S/C53H52FN15O4/c1-28-10-15-68-39(24-60-50(68)46(28)54)48-35-20-62-52(71)45(35)36(22-59-48)63-41-8-7-30(18-57-41)69-26-40(53(2,3)72)73-27-31(69)25-66-14-12-33-32(9-13-56-49(33)66)47-34-19-61-51(70)44(34)37(21-58-47)64-42-5-4-6-43(65-42)67-16-11-29-17-55-23-38(29)67/h4-10,12-15,18,21-22,24,29,31,38,40,55,72H,11,16-17,19-20,23,25-27H2,1-3H3,(H,57,63)(H,61,70)(H,62,71)(H,64,65)/t29?,31?,38?,40-/m0/s1. The maximum atomic E-state index is 14.9. The summed E-state index contributed by atoms with van der Waals surface area (Å²) in [6.45, 7) is 9.94. The van der Waals surface area contributed by atoms with Gasteiger partial charge in [-0.2, -0.15) is 0 Å². The lowest BCUT2D eigenvalue weighted by atomic mass is 9.98. The van der Waals surface area contributed by atoms with Gasteiger partial charge in [-0.05, 0) is 81.1 Å². The number of ether oxygens (including phenoxy) is 1. The van der Waals surface area contributed by atoms with E-state index in [2.05, 4.69) is 52.0 Å². The quantitative estimate of drug-likeness (QED) is 0.0895. The molecule has 0 aromatic carbocycles. The molecule has 0 spiro atoms. The molecule has 0 aliphatic carbocycles. The van der Waals surface area contributed by atoms with Crippen LogP contribution >= 0.6 is 0 Å². The number of halogens is 1. The van der Waals surface area contributed by atoms with Gasteiger partial charge in [-0.15, -0.1) is 0 Å². The average Bonchev–Trinajstić information content (AvgIpc) is 4.27. The molecule has 3 unspecified atom stereocenters. The lowest BCUT2D eigenvalue weighted by molar-refractivity contribution is -0.103. The summed E-state index contributed by atoms with van der Waals surface area (Å²) in [6, 6.07) is 15.7. The monoisotopic (exact) mass is 981 g/mol. The van der Waals surface area contributed by atoms with E-state index in [1.54, 1.807) is 68.4 Å². The van der Waals surface area contributed by atoms with E-state index in [-0.39, 0.29) is 30.0 Å². The van der Waals surface area contributed by atoms with Crippen LogP contribution in [0.15, 0.2) is 91.9 Å². The fourth-order valence-corrected chi connectivity index (χ4v) is 11.4. The van der Waals surface area contributed by atoms with Gasteiger partial charge in [-0.1, -0.05) is 6.07 Å². The maximum absolute atomic E-state index is 14.9. The second-order valence-corrected chi connectivity index (χ2v) is 20.1. The first-order valence-electron chi connectivity index (χ1n) is 24.7. The highest BCUT2D eigenvalue weighted by Crippen LogP contribution is 2.39. The molecule has 8 aromatic heterocycles. The number of aliphatic hydroxyl groups is 1. The van der Waals surface area contributed by atoms with Crippen molar-refractivity contribution in [3.8, 4) is 22.6 Å². The van der Waals surface area contributed by atoms with Crippen molar-refractivity contribution in [3.05, 3.63) is 126 Å². The fourth-order valence-electron chi connectivity index (χ4n) is 11.4. The fraction of sp³-hybridized carbons (Fsp3) is 0.321. The number of aryl methyl sites for hydroxylation is 1. The second kappa shape index (κ2) is 17.3. The van der Waals surface area contributed by atoms with Gasteiger partial charge in [0.05, 0.1) is 88.3 Å². The maximum Gasteiger partial charge on any atom is 0.254 e. The van der Waals surface area contributed by atoms with E-state index in [9.17, 15) is 19.1 Å². The number of morpholine rings is 1. The Bertz CT molecular complexity index is 3540. The van der Waals surface area contributed by atoms with Gasteiger partial charge in [-0.3, -0.25) is 24.0 Å². The Hall–Kier alpha value is -8.07. The SMILES string of the molecule is Cc1ccn2c(-c3ncc(Nc4ccc(N5C[C@@H](C(C)(C)O)OCC5Cn5ccc6c(-c7ncc(Nc8cccc(N9CCC%10CNCC%109)n8)c8c7CNC8=O)ccnc65)cn4)c4c3CNC4=O)cnc2c1F. The van der Waals surface area contributed by atoms with E-state index in [4.69, 9.17) is 29.7 Å². The van der Waals surface area contributed by atoms with E-state index in [0.717, 1.165) is 59.7 Å². The Kier molecular flexibility index (Phi) is 10.6. The molecule has 0 radical (unpaired) electrons. The normalized spacial score (nSPS) is 20.4. The van der Waals surface area contributed by atoms with Crippen LogP contribution in [0.3, 0.4) is 0 Å². The van der Waals surface area contributed by atoms with Crippen LogP contribution in [-0.4, -0.2) is 112 Å². The molecule has 0 saturated carbocycles. The number of carbonyl (C=O) groups excluding carboxylic acids is 2. The number of anilines is 6. The molecule has 20 heteroatoms. The number of imidazole rings is 1. The minimum atomic E-state index is -1.12. The minimum absolute atomic E-state index is 0.170. The van der Waals surface area contributed by atoms with Gasteiger partial charge in [0, 0.05) is 92.5 Å². The largest absolute Gasteiger partial charge is 0.388 e. The van der Waals surface area contributed by atoms with Gasteiger partial charge in [0.2, 0.25) is 0 Å². The van der Waals surface area contributed by atoms with Crippen LogP contribution in [0.2, 0.25) is 0 Å². The molecule has 5 aliphatic heterocycles. The van der Waals surface area contributed by atoms with E-state index >= 15 is 0 Å². The lowest BCUT2D eigenvalue weighted by Gasteiger charge is -2.44. The molecule has 19 nitrogen and oxygen atoms in total. The van der Waals surface area contributed by atoms with Crippen molar-refractivity contribution in [3.63, 3.8) is 0 Å². The van der Waals surface area contributed by atoms with Crippen molar-refractivity contribution in [1.82, 2.24) is 54.8 Å². The highest BCUT2D eigenvalue weighted by molar-refractivity contribution is 6.07.